The molecule has 1 aliphatic rings. The van der Waals surface area contributed by atoms with Crippen molar-refractivity contribution in [1.29, 1.82) is 0 Å². The highest BCUT2D eigenvalue weighted by Crippen LogP contribution is 2.39. The SMILES string of the molecule is COC(=O)c1cc(OC)cc2c1OCO2. The molecule has 2 rings (SSSR count). The molecule has 0 amide bonds. The number of fused-ring (bicyclic) bond motifs is 1. The lowest BCUT2D eigenvalue weighted by molar-refractivity contribution is 0.0595. The molecular weight excluding hydrogens is 200 g/mol. The maximum Gasteiger partial charge on any atom is 0.341 e. The largest absolute Gasteiger partial charge is 0.497 e. The highest BCUT2D eigenvalue weighted by Gasteiger charge is 2.24. The van der Waals surface area contributed by atoms with Crippen molar-refractivity contribution in [3.8, 4) is 17.2 Å². The smallest absolute Gasteiger partial charge is 0.341 e. The molecule has 1 aromatic rings. The van der Waals surface area contributed by atoms with Crippen molar-refractivity contribution in [2.24, 2.45) is 0 Å². The first kappa shape index (κ1) is 9.64. The molecule has 0 bridgehead atoms. The van der Waals surface area contributed by atoms with Crippen LogP contribution in [0.2, 0.25) is 0 Å². The molecule has 5 nitrogen and oxygen atoms in total. The summed E-state index contributed by atoms with van der Waals surface area (Å²) < 4.78 is 20.0. The third kappa shape index (κ3) is 1.56. The maximum atomic E-state index is 11.4. The summed E-state index contributed by atoms with van der Waals surface area (Å²) >= 11 is 0. The van der Waals surface area contributed by atoms with Gasteiger partial charge >= 0.3 is 5.97 Å². The first-order chi connectivity index (χ1) is 7.26. The molecule has 0 fully saturated rings. The van der Waals surface area contributed by atoms with Gasteiger partial charge in [0.15, 0.2) is 11.5 Å². The third-order valence-electron chi connectivity index (χ3n) is 2.09. The van der Waals surface area contributed by atoms with Crippen molar-refractivity contribution in [1.82, 2.24) is 0 Å². The lowest BCUT2D eigenvalue weighted by Gasteiger charge is -2.06. The molecule has 1 aliphatic heterocycles. The number of esters is 1. The normalized spacial score (nSPS) is 12.4. The second-order valence-electron chi connectivity index (χ2n) is 2.90. The van der Waals surface area contributed by atoms with Crippen LogP contribution in [-0.4, -0.2) is 27.0 Å². The van der Waals surface area contributed by atoms with Gasteiger partial charge in [-0.15, -0.1) is 0 Å². The van der Waals surface area contributed by atoms with Crippen LogP contribution in [0.3, 0.4) is 0 Å². The van der Waals surface area contributed by atoms with Gasteiger partial charge in [0.1, 0.15) is 11.3 Å². The van der Waals surface area contributed by atoms with Gasteiger partial charge in [0.2, 0.25) is 6.79 Å². The fourth-order valence-corrected chi connectivity index (χ4v) is 1.36. The molecule has 1 heterocycles. The number of rotatable bonds is 2. The molecule has 0 spiro atoms. The lowest BCUT2D eigenvalue weighted by Crippen LogP contribution is -2.03. The van der Waals surface area contributed by atoms with Gasteiger partial charge in [-0.3, -0.25) is 0 Å². The van der Waals surface area contributed by atoms with E-state index in [1.54, 1.807) is 12.1 Å². The van der Waals surface area contributed by atoms with Crippen LogP contribution in [0.4, 0.5) is 0 Å². The van der Waals surface area contributed by atoms with E-state index in [0.717, 1.165) is 0 Å². The van der Waals surface area contributed by atoms with Crippen LogP contribution in [0.15, 0.2) is 12.1 Å². The lowest BCUT2D eigenvalue weighted by atomic mass is 10.2. The Morgan fingerprint density at radius 3 is 2.80 bits per heavy atom. The highest BCUT2D eigenvalue weighted by atomic mass is 16.7. The summed E-state index contributed by atoms with van der Waals surface area (Å²) in [5.41, 5.74) is 0.310. The molecule has 5 heteroatoms. The van der Waals surface area contributed by atoms with Gasteiger partial charge in [-0.2, -0.15) is 0 Å². The molecular formula is C10H10O5. The van der Waals surface area contributed by atoms with Crippen molar-refractivity contribution >= 4 is 5.97 Å². The number of carbonyl (C=O) groups is 1. The average Bonchev–Trinajstić information content (AvgIpc) is 2.74. The summed E-state index contributed by atoms with van der Waals surface area (Å²) in [5.74, 6) is 0.952. The molecule has 1 aromatic carbocycles. The standard InChI is InChI=1S/C10H10O5/c1-12-6-3-7(10(11)13-2)9-8(4-6)14-5-15-9/h3-4H,5H2,1-2H3. The van der Waals surface area contributed by atoms with Crippen molar-refractivity contribution in [3.63, 3.8) is 0 Å². The Bertz CT molecular complexity index is 399. The summed E-state index contributed by atoms with van der Waals surface area (Å²) in [6.07, 6.45) is 0. The van der Waals surface area contributed by atoms with E-state index in [1.165, 1.54) is 14.2 Å². The van der Waals surface area contributed by atoms with Gasteiger partial charge in [-0.05, 0) is 6.07 Å². The van der Waals surface area contributed by atoms with E-state index < -0.39 is 5.97 Å². The van der Waals surface area contributed by atoms with Gasteiger partial charge in [-0.1, -0.05) is 0 Å². The van der Waals surface area contributed by atoms with Crippen molar-refractivity contribution in [2.75, 3.05) is 21.0 Å². The zero-order chi connectivity index (χ0) is 10.8. The van der Waals surface area contributed by atoms with Crippen LogP contribution in [0.5, 0.6) is 17.2 Å². The fourth-order valence-electron chi connectivity index (χ4n) is 1.36. The van der Waals surface area contributed by atoms with Gasteiger partial charge in [-0.25, -0.2) is 4.79 Å². The Morgan fingerprint density at radius 2 is 2.13 bits per heavy atom. The predicted octanol–water partition coefficient (Wildman–Crippen LogP) is 1.21. The molecule has 15 heavy (non-hydrogen) atoms. The van der Waals surface area contributed by atoms with Gasteiger partial charge < -0.3 is 18.9 Å². The fraction of sp³-hybridized carbons (Fsp3) is 0.300. The maximum absolute atomic E-state index is 11.4. The Balaban J connectivity index is 2.52. The molecule has 0 saturated heterocycles. The van der Waals surface area contributed by atoms with Crippen LogP contribution in [0.1, 0.15) is 10.4 Å². The van der Waals surface area contributed by atoms with Crippen molar-refractivity contribution in [2.45, 2.75) is 0 Å². The quantitative estimate of drug-likeness (QED) is 0.687. The summed E-state index contributed by atoms with van der Waals surface area (Å²) in [7, 11) is 2.82. The summed E-state index contributed by atoms with van der Waals surface area (Å²) in [4.78, 5) is 11.4. The van der Waals surface area contributed by atoms with E-state index in [0.29, 0.717) is 22.8 Å². The predicted molar refractivity (Wildman–Crippen MR) is 50.5 cm³/mol. The summed E-state index contributed by atoms with van der Waals surface area (Å²) in [5, 5.41) is 0. The molecule has 0 aromatic heterocycles. The number of benzene rings is 1. The number of carbonyl (C=O) groups excluding carboxylic acids is 1. The van der Waals surface area contributed by atoms with Gasteiger partial charge in [0.25, 0.3) is 0 Å². The van der Waals surface area contributed by atoms with Crippen LogP contribution >= 0.6 is 0 Å². The van der Waals surface area contributed by atoms with E-state index in [1.807, 2.05) is 0 Å². The minimum absolute atomic E-state index is 0.104. The molecule has 80 valence electrons. The van der Waals surface area contributed by atoms with E-state index in [-0.39, 0.29) is 6.79 Å². The number of hydrogen-bond donors (Lipinski definition) is 0. The van der Waals surface area contributed by atoms with Crippen LogP contribution in [-0.2, 0) is 4.74 Å². The monoisotopic (exact) mass is 210 g/mol. The molecule has 0 radical (unpaired) electrons. The van der Waals surface area contributed by atoms with Crippen molar-refractivity contribution in [3.05, 3.63) is 17.7 Å². The van der Waals surface area contributed by atoms with E-state index in [4.69, 9.17) is 14.2 Å². The second kappa shape index (κ2) is 3.68. The van der Waals surface area contributed by atoms with Crippen LogP contribution in [0, 0.1) is 0 Å². The third-order valence-corrected chi connectivity index (χ3v) is 2.09. The molecule has 0 saturated carbocycles. The Labute approximate surface area is 86.5 Å². The summed E-state index contributed by atoms with van der Waals surface area (Å²) in [6, 6.07) is 3.22. The van der Waals surface area contributed by atoms with E-state index in [9.17, 15) is 4.79 Å². The molecule has 0 atom stereocenters. The minimum Gasteiger partial charge on any atom is -0.497 e. The zero-order valence-corrected chi connectivity index (χ0v) is 8.40. The Hall–Kier alpha value is -1.91. The van der Waals surface area contributed by atoms with Crippen LogP contribution < -0.4 is 14.2 Å². The number of ether oxygens (including phenoxy) is 4. The number of hydrogen-bond acceptors (Lipinski definition) is 5. The highest BCUT2D eigenvalue weighted by molar-refractivity contribution is 5.94. The van der Waals surface area contributed by atoms with E-state index >= 15 is 0 Å². The molecule has 0 aliphatic carbocycles. The van der Waals surface area contributed by atoms with Crippen molar-refractivity contribution < 1.29 is 23.7 Å². The van der Waals surface area contributed by atoms with E-state index in [2.05, 4.69) is 4.74 Å². The first-order valence-electron chi connectivity index (χ1n) is 4.32. The second-order valence-corrected chi connectivity index (χ2v) is 2.90. The zero-order valence-electron chi connectivity index (χ0n) is 8.40. The van der Waals surface area contributed by atoms with Crippen LogP contribution in [0.25, 0.3) is 0 Å². The molecule has 0 N–H and O–H groups in total. The number of methoxy groups -OCH3 is 2. The first-order valence-corrected chi connectivity index (χ1v) is 4.32. The van der Waals surface area contributed by atoms with Gasteiger partial charge in [0, 0.05) is 6.07 Å². The average molecular weight is 210 g/mol. The topological polar surface area (TPSA) is 54.0 Å². The molecule has 0 unspecified atom stereocenters. The Kier molecular flexibility index (Phi) is 2.37. The van der Waals surface area contributed by atoms with Gasteiger partial charge in [0.05, 0.1) is 14.2 Å². The minimum atomic E-state index is -0.476. The Morgan fingerprint density at radius 1 is 1.33 bits per heavy atom. The summed E-state index contributed by atoms with van der Waals surface area (Å²) in [6.45, 7) is 0.104.